The van der Waals surface area contributed by atoms with Crippen LogP contribution in [0, 0.1) is 0 Å². The van der Waals surface area contributed by atoms with Gasteiger partial charge in [-0.2, -0.15) is 0 Å². The highest BCUT2D eigenvalue weighted by Gasteiger charge is 2.39. The van der Waals surface area contributed by atoms with Crippen molar-refractivity contribution in [2.45, 2.75) is 64.7 Å². The maximum absolute atomic E-state index is 11.6. The lowest BCUT2D eigenvalue weighted by atomic mass is 9.72. The molecular weight excluding hydrogens is 280 g/mol. The van der Waals surface area contributed by atoms with Gasteiger partial charge in [-0.25, -0.2) is 0 Å². The van der Waals surface area contributed by atoms with Crippen molar-refractivity contribution < 1.29 is 19.8 Å². The van der Waals surface area contributed by atoms with E-state index in [9.17, 15) is 19.8 Å². The fourth-order valence-corrected chi connectivity index (χ4v) is 2.42. The normalized spacial score (nSPS) is 12.2. The Morgan fingerprint density at radius 2 is 1.45 bits per heavy atom. The van der Waals surface area contributed by atoms with Crippen LogP contribution in [-0.4, -0.2) is 22.2 Å². The summed E-state index contributed by atoms with van der Waals surface area (Å²) in [5.41, 5.74) is -0.0694. The molecule has 0 fully saturated rings. The van der Waals surface area contributed by atoms with E-state index in [1.165, 1.54) is 0 Å². The van der Waals surface area contributed by atoms with Crippen molar-refractivity contribution in [1.29, 1.82) is 0 Å². The Bertz CT molecular complexity index is 570. The van der Waals surface area contributed by atoms with Crippen LogP contribution >= 0.6 is 0 Å². The van der Waals surface area contributed by atoms with Crippen molar-refractivity contribution in [2.75, 3.05) is 0 Å². The van der Waals surface area contributed by atoms with Gasteiger partial charge in [-0.15, -0.1) is 0 Å². The van der Waals surface area contributed by atoms with Crippen molar-refractivity contribution in [2.24, 2.45) is 0 Å². The summed E-state index contributed by atoms with van der Waals surface area (Å²) in [6.07, 6.45) is 2.95. The molecule has 4 nitrogen and oxygen atoms in total. The minimum Gasteiger partial charge on any atom is -0.481 e. The third-order valence-electron chi connectivity index (χ3n) is 4.32. The number of unbranched alkanes of at least 4 members (excludes halogenated alkanes) is 1. The van der Waals surface area contributed by atoms with Crippen LogP contribution in [0.25, 0.3) is 0 Å². The summed E-state index contributed by atoms with van der Waals surface area (Å²) in [6.45, 7) is 8.56. The number of hydrogen-bond donors (Lipinski definition) is 2. The Labute approximate surface area is 132 Å². The Hall–Kier alpha value is -1.84. The summed E-state index contributed by atoms with van der Waals surface area (Å²) in [4.78, 5) is 23.2. The third kappa shape index (κ3) is 3.49. The molecule has 22 heavy (non-hydrogen) atoms. The van der Waals surface area contributed by atoms with E-state index in [4.69, 9.17) is 0 Å². The highest BCUT2D eigenvalue weighted by molar-refractivity contribution is 5.85. The Morgan fingerprint density at radius 1 is 0.955 bits per heavy atom. The molecule has 0 aliphatic carbocycles. The molecule has 0 saturated heterocycles. The van der Waals surface area contributed by atoms with Crippen molar-refractivity contribution in [3.05, 3.63) is 34.9 Å². The van der Waals surface area contributed by atoms with Gasteiger partial charge >= 0.3 is 11.9 Å². The molecule has 1 aromatic carbocycles. The molecule has 0 aliphatic rings. The Kier molecular flexibility index (Phi) is 5.39. The SMILES string of the molecule is CCCCc1ccc(C(C)(C)C(=O)O)c(C(C)(C)C(=O)O)c1. The van der Waals surface area contributed by atoms with Gasteiger partial charge in [0.25, 0.3) is 0 Å². The summed E-state index contributed by atoms with van der Waals surface area (Å²) < 4.78 is 0. The maximum Gasteiger partial charge on any atom is 0.313 e. The number of carboxylic acid groups (broad SMARTS) is 2. The quantitative estimate of drug-likeness (QED) is 0.804. The molecule has 0 amide bonds. The summed E-state index contributed by atoms with van der Waals surface area (Å²) in [7, 11) is 0. The molecule has 0 radical (unpaired) electrons. The lowest BCUT2D eigenvalue weighted by Crippen LogP contribution is -2.36. The van der Waals surface area contributed by atoms with Gasteiger partial charge in [0.05, 0.1) is 10.8 Å². The molecule has 0 saturated carbocycles. The number of hydrogen-bond acceptors (Lipinski definition) is 2. The summed E-state index contributed by atoms with van der Waals surface area (Å²) >= 11 is 0. The van der Waals surface area contributed by atoms with Crippen LogP contribution in [-0.2, 0) is 26.8 Å². The topological polar surface area (TPSA) is 74.6 Å². The van der Waals surface area contributed by atoms with E-state index in [0.717, 1.165) is 24.8 Å². The van der Waals surface area contributed by atoms with Gasteiger partial charge in [-0.05, 0) is 57.2 Å². The second-order valence-electron chi connectivity index (χ2n) is 6.84. The molecule has 4 heteroatoms. The molecule has 0 atom stereocenters. The lowest BCUT2D eigenvalue weighted by Gasteiger charge is -2.30. The monoisotopic (exact) mass is 306 g/mol. The van der Waals surface area contributed by atoms with Gasteiger partial charge in [0.1, 0.15) is 0 Å². The Balaban J connectivity index is 3.51. The number of rotatable bonds is 7. The number of benzene rings is 1. The summed E-state index contributed by atoms with van der Waals surface area (Å²) in [5, 5.41) is 19.0. The zero-order valence-corrected chi connectivity index (χ0v) is 14.1. The van der Waals surface area contributed by atoms with Crippen LogP contribution in [0.4, 0.5) is 0 Å². The predicted octanol–water partition coefficient (Wildman–Crippen LogP) is 3.75. The second kappa shape index (κ2) is 6.51. The first-order valence-electron chi connectivity index (χ1n) is 7.65. The fraction of sp³-hybridized carbons (Fsp3) is 0.556. The highest BCUT2D eigenvalue weighted by Crippen LogP contribution is 2.35. The number of aryl methyl sites for hydroxylation is 1. The molecule has 0 heterocycles. The van der Waals surface area contributed by atoms with Crippen LogP contribution in [0.5, 0.6) is 0 Å². The first kappa shape index (κ1) is 18.2. The van der Waals surface area contributed by atoms with Crippen LogP contribution < -0.4 is 0 Å². The standard InChI is InChI=1S/C18H26O4/c1-6-7-8-12-9-10-13(17(2,3)15(19)20)14(11-12)18(4,5)16(21)22/h9-11H,6-8H2,1-5H3,(H,19,20)(H,21,22). The van der Waals surface area contributed by atoms with Gasteiger partial charge in [-0.3, -0.25) is 9.59 Å². The van der Waals surface area contributed by atoms with Gasteiger partial charge in [0.2, 0.25) is 0 Å². The van der Waals surface area contributed by atoms with Crippen LogP contribution in [0.3, 0.4) is 0 Å². The van der Waals surface area contributed by atoms with Gasteiger partial charge in [0, 0.05) is 0 Å². The molecule has 0 unspecified atom stereocenters. The molecule has 1 rings (SSSR count). The molecular formula is C18H26O4. The third-order valence-corrected chi connectivity index (χ3v) is 4.32. The molecule has 0 spiro atoms. The van der Waals surface area contributed by atoms with E-state index in [2.05, 4.69) is 6.92 Å². The van der Waals surface area contributed by atoms with Crippen molar-refractivity contribution in [3.8, 4) is 0 Å². The number of carbonyl (C=O) groups is 2. The van der Waals surface area contributed by atoms with Crippen LogP contribution in [0.2, 0.25) is 0 Å². The van der Waals surface area contributed by atoms with E-state index in [0.29, 0.717) is 11.1 Å². The Morgan fingerprint density at radius 3 is 1.91 bits per heavy atom. The van der Waals surface area contributed by atoms with Gasteiger partial charge in [0.15, 0.2) is 0 Å². The first-order valence-corrected chi connectivity index (χ1v) is 7.65. The number of carboxylic acids is 2. The number of aliphatic carboxylic acids is 2. The molecule has 0 aliphatic heterocycles. The average molecular weight is 306 g/mol. The van der Waals surface area contributed by atoms with Gasteiger partial charge < -0.3 is 10.2 Å². The first-order chi connectivity index (χ1) is 10.0. The minimum atomic E-state index is -1.13. The van der Waals surface area contributed by atoms with E-state index in [1.54, 1.807) is 33.8 Å². The van der Waals surface area contributed by atoms with E-state index in [-0.39, 0.29) is 0 Å². The summed E-state index contributed by atoms with van der Waals surface area (Å²) in [5.74, 6) is -1.92. The van der Waals surface area contributed by atoms with E-state index in [1.807, 2.05) is 12.1 Å². The molecule has 0 bridgehead atoms. The predicted molar refractivity (Wildman–Crippen MR) is 86.4 cm³/mol. The largest absolute Gasteiger partial charge is 0.481 e. The smallest absolute Gasteiger partial charge is 0.313 e. The molecule has 122 valence electrons. The zero-order valence-electron chi connectivity index (χ0n) is 14.1. The second-order valence-corrected chi connectivity index (χ2v) is 6.84. The zero-order chi connectivity index (χ0) is 17.1. The maximum atomic E-state index is 11.6. The van der Waals surface area contributed by atoms with Crippen LogP contribution in [0.1, 0.15) is 64.2 Å². The fourth-order valence-electron chi connectivity index (χ4n) is 2.42. The lowest BCUT2D eigenvalue weighted by molar-refractivity contribution is -0.144. The van der Waals surface area contributed by atoms with Crippen LogP contribution in [0.15, 0.2) is 18.2 Å². The highest BCUT2D eigenvalue weighted by atomic mass is 16.4. The summed E-state index contributed by atoms with van der Waals surface area (Å²) in [6, 6.07) is 5.56. The molecule has 2 N–H and O–H groups in total. The van der Waals surface area contributed by atoms with Crippen molar-refractivity contribution >= 4 is 11.9 Å². The van der Waals surface area contributed by atoms with E-state index >= 15 is 0 Å². The molecule has 1 aromatic rings. The van der Waals surface area contributed by atoms with Crippen molar-refractivity contribution in [1.82, 2.24) is 0 Å². The molecule has 0 aromatic heterocycles. The minimum absolute atomic E-state index is 0.563. The average Bonchev–Trinajstić information content (AvgIpc) is 2.44. The van der Waals surface area contributed by atoms with Gasteiger partial charge in [-0.1, -0.05) is 31.5 Å². The van der Waals surface area contributed by atoms with E-state index < -0.39 is 22.8 Å². The van der Waals surface area contributed by atoms with Crippen molar-refractivity contribution in [3.63, 3.8) is 0 Å².